The van der Waals surface area contributed by atoms with Crippen molar-refractivity contribution >= 4 is 63.7 Å². The van der Waals surface area contributed by atoms with Crippen LogP contribution < -0.4 is 0 Å². The van der Waals surface area contributed by atoms with Crippen LogP contribution in [-0.2, 0) is 0 Å². The van der Waals surface area contributed by atoms with Gasteiger partial charge in [-0.2, -0.15) is 0 Å². The zero-order valence-electron chi connectivity index (χ0n) is 10.5. The van der Waals surface area contributed by atoms with E-state index in [1.54, 1.807) is 0 Å². The summed E-state index contributed by atoms with van der Waals surface area (Å²) >= 11 is 14.7. The van der Waals surface area contributed by atoms with Gasteiger partial charge in [0.15, 0.2) is 0 Å². The zero-order chi connectivity index (χ0) is 14.2. The van der Waals surface area contributed by atoms with Crippen LogP contribution in [0.2, 0.25) is 0 Å². The van der Waals surface area contributed by atoms with Crippen molar-refractivity contribution < 1.29 is 0 Å². The molecule has 2 aromatic carbocycles. The second kappa shape index (κ2) is 6.42. The second-order valence-electron chi connectivity index (χ2n) is 4.51. The lowest BCUT2D eigenvalue weighted by Gasteiger charge is -2.16. The first-order chi connectivity index (χ1) is 8.90. The highest BCUT2D eigenvalue weighted by Gasteiger charge is 2.17. The smallest absolute Gasteiger partial charge is 0.0667 e. The molecule has 0 aliphatic heterocycles. The van der Waals surface area contributed by atoms with E-state index < -0.39 is 0 Å². The maximum absolute atomic E-state index is 3.81. The van der Waals surface area contributed by atoms with Gasteiger partial charge in [-0.1, -0.05) is 81.4 Å². The summed E-state index contributed by atoms with van der Waals surface area (Å²) in [7, 11) is 0. The number of hydrogen-bond acceptors (Lipinski definition) is 0. The van der Waals surface area contributed by atoms with Crippen molar-refractivity contribution in [3.63, 3.8) is 0 Å². The quantitative estimate of drug-likeness (QED) is 0.378. The van der Waals surface area contributed by atoms with Crippen molar-refractivity contribution in [2.45, 2.75) is 18.7 Å². The second-order valence-corrected chi connectivity index (χ2v) is 7.99. The van der Waals surface area contributed by atoms with E-state index in [0.717, 1.165) is 13.4 Å². The molecule has 100 valence electrons. The predicted molar refractivity (Wildman–Crippen MR) is 96.2 cm³/mol. The van der Waals surface area contributed by atoms with Gasteiger partial charge in [-0.25, -0.2) is 0 Å². The summed E-state index contributed by atoms with van der Waals surface area (Å²) in [5, 5.41) is 0. The Morgan fingerprint density at radius 1 is 0.789 bits per heavy atom. The van der Waals surface area contributed by atoms with Gasteiger partial charge < -0.3 is 0 Å². The van der Waals surface area contributed by atoms with Gasteiger partial charge in [-0.3, -0.25) is 0 Å². The van der Waals surface area contributed by atoms with Crippen molar-refractivity contribution in [2.75, 3.05) is 0 Å². The van der Waals surface area contributed by atoms with E-state index >= 15 is 0 Å². The van der Waals surface area contributed by atoms with Crippen LogP contribution in [0, 0.1) is 13.8 Å². The third-order valence-electron chi connectivity index (χ3n) is 2.98. The normalized spacial score (nSPS) is 12.5. The molecule has 0 fully saturated rings. The first-order valence-electron chi connectivity index (χ1n) is 5.76. The van der Waals surface area contributed by atoms with Crippen LogP contribution in [0.4, 0.5) is 0 Å². The Labute approximate surface area is 147 Å². The Hall–Kier alpha value is 0.360. The van der Waals surface area contributed by atoms with Crippen LogP contribution in [0.25, 0.3) is 0 Å². The van der Waals surface area contributed by atoms with Crippen molar-refractivity contribution in [1.82, 2.24) is 0 Å². The van der Waals surface area contributed by atoms with Gasteiger partial charge in [-0.05, 0) is 48.7 Å². The molecule has 0 aromatic heterocycles. The molecular formula is C15H12Br4. The third-order valence-corrected chi connectivity index (χ3v) is 6.23. The molecule has 0 saturated heterocycles. The van der Waals surface area contributed by atoms with Gasteiger partial charge in [0.2, 0.25) is 0 Å². The van der Waals surface area contributed by atoms with Gasteiger partial charge in [0.1, 0.15) is 0 Å². The Morgan fingerprint density at radius 3 is 2.11 bits per heavy atom. The SMILES string of the molecule is Cc1ccc(Br)c(C(Br)c2cc(Br)c(C)cc2Br)c1. The van der Waals surface area contributed by atoms with E-state index in [1.807, 2.05) is 0 Å². The minimum Gasteiger partial charge on any atom is -0.0786 e. The summed E-state index contributed by atoms with van der Waals surface area (Å²) in [5.74, 6) is 0. The van der Waals surface area contributed by atoms with Gasteiger partial charge in [-0.15, -0.1) is 0 Å². The van der Waals surface area contributed by atoms with Crippen molar-refractivity contribution in [1.29, 1.82) is 0 Å². The van der Waals surface area contributed by atoms with E-state index in [-0.39, 0.29) is 4.83 Å². The molecule has 0 aliphatic rings. The Bertz CT molecular complexity index is 620. The molecule has 0 radical (unpaired) electrons. The maximum atomic E-state index is 3.81. The van der Waals surface area contributed by atoms with E-state index in [1.165, 1.54) is 22.3 Å². The largest absolute Gasteiger partial charge is 0.0786 e. The molecule has 0 aliphatic carbocycles. The van der Waals surface area contributed by atoms with Crippen LogP contribution in [0.5, 0.6) is 0 Å². The van der Waals surface area contributed by atoms with Crippen LogP contribution in [0.15, 0.2) is 43.7 Å². The number of benzene rings is 2. The Kier molecular flexibility index (Phi) is 5.32. The van der Waals surface area contributed by atoms with Gasteiger partial charge >= 0.3 is 0 Å². The summed E-state index contributed by atoms with van der Waals surface area (Å²) in [6.45, 7) is 4.19. The molecule has 1 unspecified atom stereocenters. The molecule has 0 N–H and O–H groups in total. The lowest BCUT2D eigenvalue weighted by atomic mass is 10.0. The maximum Gasteiger partial charge on any atom is 0.0667 e. The van der Waals surface area contributed by atoms with E-state index in [4.69, 9.17) is 0 Å². The standard InChI is InChI=1S/C15H12Br4/c1-8-3-4-12(16)10(5-8)15(19)11-7-13(17)9(2)6-14(11)18/h3-7,15H,1-2H3. The molecular weight excluding hydrogens is 500 g/mol. The van der Waals surface area contributed by atoms with Crippen molar-refractivity contribution in [3.05, 3.63) is 66.0 Å². The average Bonchev–Trinajstić information content (AvgIpc) is 2.36. The summed E-state index contributed by atoms with van der Waals surface area (Å²) in [5.41, 5.74) is 4.92. The van der Waals surface area contributed by atoms with Crippen molar-refractivity contribution in [2.24, 2.45) is 0 Å². The zero-order valence-corrected chi connectivity index (χ0v) is 16.8. The minimum atomic E-state index is 0.146. The Morgan fingerprint density at radius 2 is 1.42 bits per heavy atom. The Balaban J connectivity index is 2.52. The number of halogens is 4. The number of aryl methyl sites for hydroxylation is 2. The number of alkyl halides is 1. The highest BCUT2D eigenvalue weighted by molar-refractivity contribution is 9.11. The van der Waals surface area contributed by atoms with Crippen LogP contribution in [0.1, 0.15) is 27.1 Å². The third kappa shape index (κ3) is 3.52. The van der Waals surface area contributed by atoms with Crippen LogP contribution in [-0.4, -0.2) is 0 Å². The minimum absolute atomic E-state index is 0.146. The number of hydrogen-bond donors (Lipinski definition) is 0. The van der Waals surface area contributed by atoms with Crippen molar-refractivity contribution in [3.8, 4) is 0 Å². The lowest BCUT2D eigenvalue weighted by molar-refractivity contribution is 1.13. The fraction of sp³-hybridized carbons (Fsp3) is 0.200. The topological polar surface area (TPSA) is 0 Å². The van der Waals surface area contributed by atoms with Crippen LogP contribution >= 0.6 is 63.7 Å². The summed E-state index contributed by atoms with van der Waals surface area (Å²) in [6.07, 6.45) is 0. The molecule has 2 aromatic rings. The van der Waals surface area contributed by atoms with Gasteiger partial charge in [0.25, 0.3) is 0 Å². The molecule has 2 rings (SSSR count). The highest BCUT2D eigenvalue weighted by atomic mass is 79.9. The van der Waals surface area contributed by atoms with E-state index in [0.29, 0.717) is 0 Å². The first kappa shape index (κ1) is 15.7. The van der Waals surface area contributed by atoms with E-state index in [9.17, 15) is 0 Å². The summed E-state index contributed by atoms with van der Waals surface area (Å²) in [6, 6.07) is 10.7. The summed E-state index contributed by atoms with van der Waals surface area (Å²) in [4.78, 5) is 0.146. The fourth-order valence-corrected chi connectivity index (χ4v) is 4.78. The highest BCUT2D eigenvalue weighted by Crippen LogP contribution is 2.40. The van der Waals surface area contributed by atoms with Gasteiger partial charge in [0.05, 0.1) is 4.83 Å². The molecule has 0 heterocycles. The summed E-state index contributed by atoms with van der Waals surface area (Å²) < 4.78 is 3.35. The molecule has 0 spiro atoms. The average molecular weight is 512 g/mol. The molecule has 19 heavy (non-hydrogen) atoms. The molecule has 4 heteroatoms. The predicted octanol–water partition coefficient (Wildman–Crippen LogP) is 7.08. The molecule has 0 bridgehead atoms. The molecule has 0 saturated carbocycles. The number of rotatable bonds is 2. The van der Waals surface area contributed by atoms with Gasteiger partial charge in [0, 0.05) is 13.4 Å². The fourth-order valence-electron chi connectivity index (χ4n) is 1.88. The molecule has 0 nitrogen and oxygen atoms in total. The monoisotopic (exact) mass is 508 g/mol. The van der Waals surface area contributed by atoms with E-state index in [2.05, 4.69) is 108 Å². The molecule has 0 amide bonds. The van der Waals surface area contributed by atoms with Crippen LogP contribution in [0.3, 0.4) is 0 Å². The lowest BCUT2D eigenvalue weighted by Crippen LogP contribution is -1.97. The molecule has 1 atom stereocenters. The first-order valence-corrected chi connectivity index (χ1v) is 9.05.